The summed E-state index contributed by atoms with van der Waals surface area (Å²) in [6, 6.07) is 4.48. The van der Waals surface area contributed by atoms with Gasteiger partial charge in [-0.2, -0.15) is 0 Å². The van der Waals surface area contributed by atoms with E-state index in [1.165, 1.54) is 24.8 Å². The second kappa shape index (κ2) is 6.72. The molecule has 94 valence electrons. The maximum absolute atomic E-state index is 9.43. The maximum Gasteiger partial charge on any atom is 0.0586 e. The van der Waals surface area contributed by atoms with Crippen LogP contribution in [-0.4, -0.2) is 40.7 Å². The Morgan fingerprint density at radius 1 is 1.35 bits per heavy atom. The monoisotopic (exact) mass is 234 g/mol. The van der Waals surface area contributed by atoms with Gasteiger partial charge in [-0.1, -0.05) is 18.9 Å². The molecule has 0 amide bonds. The van der Waals surface area contributed by atoms with Gasteiger partial charge in [0.15, 0.2) is 0 Å². The highest BCUT2D eigenvalue weighted by molar-refractivity contribution is 5.08. The van der Waals surface area contributed by atoms with Crippen LogP contribution in [0, 0.1) is 0 Å². The molecular weight excluding hydrogens is 212 g/mol. The third-order valence-electron chi connectivity index (χ3n) is 3.62. The Labute approximate surface area is 103 Å². The SMILES string of the molecule is OCC1CCCCCN1CCc1cccnc1. The van der Waals surface area contributed by atoms with Crippen LogP contribution in [0.1, 0.15) is 31.2 Å². The van der Waals surface area contributed by atoms with Gasteiger partial charge in [-0.25, -0.2) is 0 Å². The molecule has 1 fully saturated rings. The van der Waals surface area contributed by atoms with Crippen molar-refractivity contribution in [1.82, 2.24) is 9.88 Å². The highest BCUT2D eigenvalue weighted by Gasteiger charge is 2.19. The molecule has 3 nitrogen and oxygen atoms in total. The van der Waals surface area contributed by atoms with Gasteiger partial charge in [-0.15, -0.1) is 0 Å². The van der Waals surface area contributed by atoms with Crippen LogP contribution < -0.4 is 0 Å². The summed E-state index contributed by atoms with van der Waals surface area (Å²) < 4.78 is 0. The molecule has 0 saturated carbocycles. The fourth-order valence-electron chi connectivity index (χ4n) is 2.56. The molecule has 1 aliphatic rings. The quantitative estimate of drug-likeness (QED) is 0.864. The van der Waals surface area contributed by atoms with Crippen LogP contribution in [0.4, 0.5) is 0 Å². The second-order valence-corrected chi connectivity index (χ2v) is 4.83. The number of likely N-dealkylation sites (tertiary alicyclic amines) is 1. The van der Waals surface area contributed by atoms with Crippen LogP contribution >= 0.6 is 0 Å². The van der Waals surface area contributed by atoms with E-state index in [-0.39, 0.29) is 0 Å². The molecule has 1 aromatic rings. The minimum atomic E-state index is 0.299. The molecule has 1 N–H and O–H groups in total. The van der Waals surface area contributed by atoms with Gasteiger partial charge in [0.1, 0.15) is 0 Å². The van der Waals surface area contributed by atoms with Crippen LogP contribution in [0.5, 0.6) is 0 Å². The molecule has 2 rings (SSSR count). The Kier molecular flexibility index (Phi) is 4.95. The number of aliphatic hydroxyl groups excluding tert-OH is 1. The molecule has 0 aliphatic carbocycles. The third kappa shape index (κ3) is 3.79. The van der Waals surface area contributed by atoms with Crippen LogP contribution in [0.2, 0.25) is 0 Å². The van der Waals surface area contributed by atoms with Crippen molar-refractivity contribution in [2.24, 2.45) is 0 Å². The van der Waals surface area contributed by atoms with E-state index in [2.05, 4.69) is 16.0 Å². The first kappa shape index (κ1) is 12.5. The molecule has 0 radical (unpaired) electrons. The van der Waals surface area contributed by atoms with Crippen LogP contribution in [0.3, 0.4) is 0 Å². The molecule has 1 unspecified atom stereocenters. The molecule has 1 atom stereocenters. The van der Waals surface area contributed by atoms with E-state index in [1.54, 1.807) is 0 Å². The third-order valence-corrected chi connectivity index (χ3v) is 3.62. The predicted octanol–water partition coefficient (Wildman–Crippen LogP) is 1.86. The zero-order valence-corrected chi connectivity index (χ0v) is 10.4. The van der Waals surface area contributed by atoms with Gasteiger partial charge >= 0.3 is 0 Å². The van der Waals surface area contributed by atoms with E-state index in [1.807, 2.05) is 18.5 Å². The number of rotatable bonds is 4. The second-order valence-electron chi connectivity index (χ2n) is 4.83. The lowest BCUT2D eigenvalue weighted by molar-refractivity contribution is 0.125. The zero-order valence-electron chi connectivity index (χ0n) is 10.4. The summed E-state index contributed by atoms with van der Waals surface area (Å²) in [6.45, 7) is 2.47. The lowest BCUT2D eigenvalue weighted by atomic mass is 10.1. The van der Waals surface area contributed by atoms with Crippen molar-refractivity contribution in [2.75, 3.05) is 19.7 Å². The summed E-state index contributed by atoms with van der Waals surface area (Å²) in [6.07, 6.45) is 9.75. The molecule has 0 aromatic carbocycles. The first-order valence-corrected chi connectivity index (χ1v) is 6.64. The highest BCUT2D eigenvalue weighted by atomic mass is 16.3. The normalized spacial score (nSPS) is 22.3. The lowest BCUT2D eigenvalue weighted by Gasteiger charge is -2.28. The van der Waals surface area contributed by atoms with E-state index < -0.39 is 0 Å². The van der Waals surface area contributed by atoms with Gasteiger partial charge in [-0.05, 0) is 37.4 Å². The van der Waals surface area contributed by atoms with Crippen LogP contribution in [0.25, 0.3) is 0 Å². The number of nitrogens with zero attached hydrogens (tertiary/aromatic N) is 2. The fourth-order valence-corrected chi connectivity index (χ4v) is 2.56. The van der Waals surface area contributed by atoms with Crippen molar-refractivity contribution in [3.05, 3.63) is 30.1 Å². The van der Waals surface area contributed by atoms with Crippen molar-refractivity contribution in [2.45, 2.75) is 38.1 Å². The average Bonchev–Trinajstić information content (AvgIpc) is 2.62. The molecule has 2 heterocycles. The van der Waals surface area contributed by atoms with Gasteiger partial charge in [0.05, 0.1) is 6.61 Å². The summed E-state index contributed by atoms with van der Waals surface area (Å²) in [4.78, 5) is 6.58. The fraction of sp³-hybridized carbons (Fsp3) is 0.643. The standard InChI is InChI=1S/C14H22N2O/c17-12-14-6-2-1-3-9-16(14)10-7-13-5-4-8-15-11-13/h4-5,8,11,14,17H,1-3,6-7,9-10,12H2. The van der Waals surface area contributed by atoms with Gasteiger partial charge in [0.2, 0.25) is 0 Å². The smallest absolute Gasteiger partial charge is 0.0586 e. The molecule has 0 spiro atoms. The van der Waals surface area contributed by atoms with Crippen molar-refractivity contribution >= 4 is 0 Å². The Morgan fingerprint density at radius 2 is 2.29 bits per heavy atom. The lowest BCUT2D eigenvalue weighted by Crippen LogP contribution is -2.38. The minimum Gasteiger partial charge on any atom is -0.395 e. The molecule has 1 aliphatic heterocycles. The van der Waals surface area contributed by atoms with Gasteiger partial charge < -0.3 is 5.11 Å². The topological polar surface area (TPSA) is 36.4 Å². The Morgan fingerprint density at radius 3 is 3.06 bits per heavy atom. The first-order valence-electron chi connectivity index (χ1n) is 6.64. The molecule has 17 heavy (non-hydrogen) atoms. The Balaban J connectivity index is 1.87. The first-order chi connectivity index (χ1) is 8.40. The number of aliphatic hydroxyl groups is 1. The van der Waals surface area contributed by atoms with Crippen molar-refractivity contribution in [3.8, 4) is 0 Å². The van der Waals surface area contributed by atoms with E-state index in [9.17, 15) is 5.11 Å². The number of pyridine rings is 1. The van der Waals surface area contributed by atoms with Crippen LogP contribution in [-0.2, 0) is 6.42 Å². The maximum atomic E-state index is 9.43. The van der Waals surface area contributed by atoms with Crippen molar-refractivity contribution in [1.29, 1.82) is 0 Å². The van der Waals surface area contributed by atoms with Gasteiger partial charge in [0.25, 0.3) is 0 Å². The molecule has 1 saturated heterocycles. The van der Waals surface area contributed by atoms with Gasteiger partial charge in [-0.3, -0.25) is 9.88 Å². The molecule has 1 aromatic heterocycles. The van der Waals surface area contributed by atoms with Crippen molar-refractivity contribution < 1.29 is 5.11 Å². The summed E-state index contributed by atoms with van der Waals surface area (Å²) in [5.41, 5.74) is 1.29. The number of hydrogen-bond acceptors (Lipinski definition) is 3. The van der Waals surface area contributed by atoms with E-state index >= 15 is 0 Å². The highest BCUT2D eigenvalue weighted by Crippen LogP contribution is 2.16. The summed E-state index contributed by atoms with van der Waals surface area (Å²) >= 11 is 0. The average molecular weight is 234 g/mol. The number of aromatic nitrogens is 1. The van der Waals surface area contributed by atoms with E-state index in [4.69, 9.17) is 0 Å². The summed E-state index contributed by atoms with van der Waals surface area (Å²) in [5, 5.41) is 9.43. The van der Waals surface area contributed by atoms with Gasteiger partial charge in [0, 0.05) is 25.0 Å². The largest absolute Gasteiger partial charge is 0.395 e. The van der Waals surface area contributed by atoms with E-state index in [0.29, 0.717) is 12.6 Å². The zero-order chi connectivity index (χ0) is 11.9. The van der Waals surface area contributed by atoms with Crippen molar-refractivity contribution in [3.63, 3.8) is 0 Å². The molecule has 0 bridgehead atoms. The van der Waals surface area contributed by atoms with E-state index in [0.717, 1.165) is 25.9 Å². The molecule has 3 heteroatoms. The number of hydrogen-bond donors (Lipinski definition) is 1. The van der Waals surface area contributed by atoms with Crippen LogP contribution in [0.15, 0.2) is 24.5 Å². The Hall–Kier alpha value is -0.930. The Bertz CT molecular complexity index is 315. The minimum absolute atomic E-state index is 0.299. The summed E-state index contributed by atoms with van der Waals surface area (Å²) in [5.74, 6) is 0. The predicted molar refractivity (Wildman–Crippen MR) is 68.9 cm³/mol. The molecular formula is C14H22N2O. The summed E-state index contributed by atoms with van der Waals surface area (Å²) in [7, 11) is 0.